The molecule has 0 fully saturated rings. The average Bonchev–Trinajstić information content (AvgIpc) is 3.05. The highest BCUT2D eigenvalue weighted by molar-refractivity contribution is 7.14. The Hall–Kier alpha value is -1.76. The van der Waals surface area contributed by atoms with Gasteiger partial charge in [-0.3, -0.25) is 9.69 Å². The van der Waals surface area contributed by atoms with Crippen LogP contribution in [0, 0.1) is 0 Å². The lowest BCUT2D eigenvalue weighted by molar-refractivity contribution is 0.0984. The minimum absolute atomic E-state index is 0.0127. The molecule has 0 N–H and O–H groups in total. The Kier molecular flexibility index (Phi) is 3.08. The average molecular weight is 291 g/mol. The first-order chi connectivity index (χ1) is 9.47. The van der Waals surface area contributed by atoms with Crippen LogP contribution in [0.5, 0.6) is 0 Å². The van der Waals surface area contributed by atoms with Crippen molar-refractivity contribution in [3.63, 3.8) is 0 Å². The van der Waals surface area contributed by atoms with Gasteiger partial charge in [-0.25, -0.2) is 4.68 Å². The fraction of sp³-hybridized carbons (Fsp3) is 0.538. The van der Waals surface area contributed by atoms with Gasteiger partial charge in [-0.1, -0.05) is 25.9 Å². The Labute approximate surface area is 121 Å². The maximum atomic E-state index is 12.6. The van der Waals surface area contributed by atoms with E-state index in [1.54, 1.807) is 20.9 Å². The highest BCUT2D eigenvalue weighted by atomic mass is 32.1. The van der Waals surface area contributed by atoms with Crippen molar-refractivity contribution in [3.8, 4) is 0 Å². The lowest BCUT2D eigenvalue weighted by Gasteiger charge is -2.24. The number of aryl methyl sites for hydroxylation is 1. The van der Waals surface area contributed by atoms with Crippen molar-refractivity contribution in [1.29, 1.82) is 0 Å². The molecule has 0 saturated heterocycles. The van der Waals surface area contributed by atoms with Crippen LogP contribution >= 0.6 is 11.3 Å². The van der Waals surface area contributed by atoms with Gasteiger partial charge in [0, 0.05) is 18.0 Å². The number of hydrogen-bond donors (Lipinski definition) is 0. The molecule has 3 rings (SSSR count). The summed E-state index contributed by atoms with van der Waals surface area (Å²) in [6.45, 7) is 7.88. The summed E-state index contributed by atoms with van der Waals surface area (Å²) in [4.78, 5) is 16.2. The summed E-state index contributed by atoms with van der Waals surface area (Å²) in [5, 5.41) is 11.5. The summed E-state index contributed by atoms with van der Waals surface area (Å²) in [5.74, 6) is 0.535. The molecule has 0 aliphatic carbocycles. The molecule has 0 saturated carbocycles. The van der Waals surface area contributed by atoms with E-state index in [1.807, 2.05) is 12.1 Å². The summed E-state index contributed by atoms with van der Waals surface area (Å²) < 4.78 is 1.68. The molecule has 0 bridgehead atoms. The summed E-state index contributed by atoms with van der Waals surface area (Å²) in [5.41, 5.74) is 0.0622. The van der Waals surface area contributed by atoms with Gasteiger partial charge in [0.05, 0.1) is 4.88 Å². The maximum Gasteiger partial charge on any atom is 0.270 e. The topological polar surface area (TPSA) is 63.9 Å². The van der Waals surface area contributed by atoms with Crippen LogP contribution in [-0.2, 0) is 12.0 Å². The third-order valence-electron chi connectivity index (χ3n) is 3.31. The van der Waals surface area contributed by atoms with Gasteiger partial charge in [0.15, 0.2) is 0 Å². The van der Waals surface area contributed by atoms with Gasteiger partial charge in [0.2, 0.25) is 0 Å². The molecular formula is C13H17N5OS. The van der Waals surface area contributed by atoms with Crippen molar-refractivity contribution in [2.45, 2.75) is 39.2 Å². The quantitative estimate of drug-likeness (QED) is 0.807. The molecule has 2 aromatic heterocycles. The second kappa shape index (κ2) is 4.66. The van der Waals surface area contributed by atoms with E-state index in [9.17, 15) is 4.79 Å². The number of carbonyl (C=O) groups is 1. The molecule has 2 aromatic rings. The van der Waals surface area contributed by atoms with Crippen LogP contribution in [0.2, 0.25) is 0 Å². The van der Waals surface area contributed by atoms with Crippen molar-refractivity contribution < 1.29 is 4.79 Å². The minimum Gasteiger partial charge on any atom is -0.275 e. The van der Waals surface area contributed by atoms with Gasteiger partial charge in [0.1, 0.15) is 0 Å². The predicted molar refractivity (Wildman–Crippen MR) is 77.1 cm³/mol. The van der Waals surface area contributed by atoms with Gasteiger partial charge in [-0.15, -0.1) is 11.3 Å². The molecule has 20 heavy (non-hydrogen) atoms. The molecule has 0 aromatic carbocycles. The molecule has 1 amide bonds. The number of amides is 1. The second-order valence-electron chi connectivity index (χ2n) is 5.93. The Morgan fingerprint density at radius 3 is 2.80 bits per heavy atom. The molecule has 6 nitrogen and oxygen atoms in total. The first kappa shape index (κ1) is 13.2. The first-order valence-corrected chi connectivity index (χ1v) is 7.47. The highest BCUT2D eigenvalue weighted by Gasteiger charge is 2.28. The standard InChI is InChI=1S/C13H17N5OS/c1-13(2,3)10-6-5-9(20-10)11(19)17-7-4-8-18-12(17)14-15-16-18/h5-6H,4,7-8H2,1-3H3. The largest absolute Gasteiger partial charge is 0.275 e. The van der Waals surface area contributed by atoms with Crippen molar-refractivity contribution in [1.82, 2.24) is 20.2 Å². The number of nitrogens with zero attached hydrogens (tertiary/aromatic N) is 5. The molecule has 1 aliphatic heterocycles. The van der Waals surface area contributed by atoms with E-state index < -0.39 is 0 Å². The highest BCUT2D eigenvalue weighted by Crippen LogP contribution is 2.31. The number of carbonyl (C=O) groups excluding carboxylic acids is 1. The zero-order valence-electron chi connectivity index (χ0n) is 11.8. The first-order valence-electron chi connectivity index (χ1n) is 6.65. The van der Waals surface area contributed by atoms with Crippen molar-refractivity contribution in [3.05, 3.63) is 21.9 Å². The number of rotatable bonds is 1. The van der Waals surface area contributed by atoms with E-state index >= 15 is 0 Å². The van der Waals surface area contributed by atoms with Crippen molar-refractivity contribution in [2.75, 3.05) is 11.4 Å². The van der Waals surface area contributed by atoms with Crippen LogP contribution < -0.4 is 4.90 Å². The van der Waals surface area contributed by atoms with Crippen LogP contribution in [0.4, 0.5) is 5.95 Å². The molecule has 0 atom stereocenters. The molecule has 0 radical (unpaired) electrons. The summed E-state index contributed by atoms with van der Waals surface area (Å²) in [6.07, 6.45) is 0.876. The molecule has 0 unspecified atom stereocenters. The number of hydrogen-bond acceptors (Lipinski definition) is 5. The third kappa shape index (κ3) is 2.22. The second-order valence-corrected chi connectivity index (χ2v) is 7.01. The SMILES string of the molecule is CC(C)(C)c1ccc(C(=O)N2CCCn3nnnc32)s1. The van der Waals surface area contributed by atoms with Gasteiger partial charge in [-0.05, 0) is 34.4 Å². The molecule has 7 heteroatoms. The summed E-state index contributed by atoms with van der Waals surface area (Å²) in [6, 6.07) is 3.93. The van der Waals surface area contributed by atoms with Gasteiger partial charge in [0.25, 0.3) is 11.9 Å². The van der Waals surface area contributed by atoms with Crippen LogP contribution in [0.1, 0.15) is 41.7 Å². The number of tetrazole rings is 1. The lowest BCUT2D eigenvalue weighted by atomic mass is 9.95. The van der Waals surface area contributed by atoms with E-state index in [4.69, 9.17) is 0 Å². The monoisotopic (exact) mass is 291 g/mol. The Bertz CT molecular complexity index is 639. The molecule has 106 valence electrons. The van der Waals surface area contributed by atoms with Crippen LogP contribution in [0.15, 0.2) is 12.1 Å². The van der Waals surface area contributed by atoms with E-state index in [-0.39, 0.29) is 11.3 Å². The number of fused-ring (bicyclic) bond motifs is 1. The van der Waals surface area contributed by atoms with E-state index in [2.05, 4.69) is 36.3 Å². The van der Waals surface area contributed by atoms with E-state index in [1.165, 1.54) is 4.88 Å². The fourth-order valence-electron chi connectivity index (χ4n) is 2.20. The van der Waals surface area contributed by atoms with Crippen LogP contribution in [0.3, 0.4) is 0 Å². The smallest absolute Gasteiger partial charge is 0.270 e. The fourth-order valence-corrected chi connectivity index (χ4v) is 3.21. The zero-order chi connectivity index (χ0) is 14.3. The van der Waals surface area contributed by atoms with Gasteiger partial charge >= 0.3 is 0 Å². The predicted octanol–water partition coefficient (Wildman–Crippen LogP) is 2.08. The molecule has 0 spiro atoms. The zero-order valence-corrected chi connectivity index (χ0v) is 12.6. The minimum atomic E-state index is -0.0127. The number of thiophene rings is 1. The van der Waals surface area contributed by atoms with Gasteiger partial charge < -0.3 is 0 Å². The molecular weight excluding hydrogens is 274 g/mol. The van der Waals surface area contributed by atoms with Crippen LogP contribution in [0.25, 0.3) is 0 Å². The van der Waals surface area contributed by atoms with E-state index in [0.29, 0.717) is 12.5 Å². The molecule has 1 aliphatic rings. The number of anilines is 1. The third-order valence-corrected chi connectivity index (χ3v) is 4.81. The molecule has 3 heterocycles. The van der Waals surface area contributed by atoms with Crippen molar-refractivity contribution >= 4 is 23.2 Å². The van der Waals surface area contributed by atoms with Crippen LogP contribution in [-0.4, -0.2) is 32.7 Å². The maximum absolute atomic E-state index is 12.6. The van der Waals surface area contributed by atoms with E-state index in [0.717, 1.165) is 17.8 Å². The number of aromatic nitrogens is 4. The Morgan fingerprint density at radius 2 is 2.10 bits per heavy atom. The van der Waals surface area contributed by atoms with Crippen molar-refractivity contribution in [2.24, 2.45) is 0 Å². The lowest BCUT2D eigenvalue weighted by Crippen LogP contribution is -2.37. The normalized spacial score (nSPS) is 15.2. The summed E-state index contributed by atoms with van der Waals surface area (Å²) >= 11 is 1.55. The Balaban J connectivity index is 1.89. The summed E-state index contributed by atoms with van der Waals surface area (Å²) in [7, 11) is 0. The Morgan fingerprint density at radius 1 is 1.30 bits per heavy atom. The van der Waals surface area contributed by atoms with Gasteiger partial charge in [-0.2, -0.15) is 0 Å².